The molecule has 0 aliphatic carbocycles. The average molecular weight is 235 g/mol. The van der Waals surface area contributed by atoms with Crippen LogP contribution in [0.4, 0.5) is 0 Å². The Labute approximate surface area is 87.9 Å². The van der Waals surface area contributed by atoms with Gasteiger partial charge in [-0.1, -0.05) is 0 Å². The zero-order chi connectivity index (χ0) is 12.0. The second-order valence-electron chi connectivity index (χ2n) is 4.06. The summed E-state index contributed by atoms with van der Waals surface area (Å²) in [5, 5.41) is 8.51. The van der Waals surface area contributed by atoms with Crippen molar-refractivity contribution in [3.63, 3.8) is 0 Å². The largest absolute Gasteiger partial charge is 0.481 e. The summed E-state index contributed by atoms with van der Waals surface area (Å²) in [6.45, 7) is 4.03. The second-order valence-corrected chi connectivity index (χ2v) is 6.43. The quantitative estimate of drug-likeness (QED) is 0.731. The van der Waals surface area contributed by atoms with Crippen LogP contribution in [0.3, 0.4) is 0 Å². The Morgan fingerprint density at radius 1 is 1.53 bits per heavy atom. The number of carbonyl (C=O) groups is 2. The van der Waals surface area contributed by atoms with E-state index in [4.69, 9.17) is 5.11 Å². The van der Waals surface area contributed by atoms with Gasteiger partial charge in [0, 0.05) is 0 Å². The van der Waals surface area contributed by atoms with Crippen molar-refractivity contribution >= 4 is 21.9 Å². The molecule has 1 unspecified atom stereocenters. The summed E-state index contributed by atoms with van der Waals surface area (Å²) in [4.78, 5) is 21.9. The van der Waals surface area contributed by atoms with Crippen molar-refractivity contribution in [3.05, 3.63) is 0 Å². The number of rotatable bonds is 3. The van der Waals surface area contributed by atoms with E-state index in [9.17, 15) is 18.0 Å². The maximum absolute atomic E-state index is 11.6. The van der Waals surface area contributed by atoms with E-state index in [2.05, 4.69) is 0 Å². The van der Waals surface area contributed by atoms with Crippen LogP contribution >= 0.6 is 0 Å². The fourth-order valence-corrected chi connectivity index (χ4v) is 3.14. The minimum Gasteiger partial charge on any atom is -0.481 e. The van der Waals surface area contributed by atoms with E-state index in [1.54, 1.807) is 0 Å². The number of carbonyl (C=O) groups excluding carboxylic acids is 1. The number of hydrogen-bond donors (Lipinski definition) is 1. The molecule has 0 spiro atoms. The van der Waals surface area contributed by atoms with Gasteiger partial charge in [0.1, 0.15) is 0 Å². The van der Waals surface area contributed by atoms with Crippen molar-refractivity contribution in [2.45, 2.75) is 38.0 Å². The Bertz CT molecular complexity index is 411. The molecular formula is C8H13NO5S. The van der Waals surface area contributed by atoms with E-state index in [0.29, 0.717) is 4.31 Å². The molecule has 15 heavy (non-hydrogen) atoms. The van der Waals surface area contributed by atoms with Crippen LogP contribution in [0, 0.1) is 0 Å². The molecule has 0 radical (unpaired) electrons. The van der Waals surface area contributed by atoms with E-state index in [1.165, 1.54) is 20.8 Å². The lowest BCUT2D eigenvalue weighted by atomic mass is 10.1. The van der Waals surface area contributed by atoms with Gasteiger partial charge in [0.2, 0.25) is 0 Å². The number of carboxylic acid groups (broad SMARTS) is 1. The first-order valence-electron chi connectivity index (χ1n) is 4.42. The second kappa shape index (κ2) is 3.19. The summed E-state index contributed by atoms with van der Waals surface area (Å²) in [6, 6.07) is -0.826. The first kappa shape index (κ1) is 12.0. The lowest BCUT2D eigenvalue weighted by Crippen LogP contribution is -2.69. The molecule has 1 rings (SSSR count). The maximum Gasteiger partial charge on any atom is 0.305 e. The Hall–Kier alpha value is -1.11. The standard InChI is InChI=1S/C8H13NO5S/c1-5(4-6(10)11)9-7(12)8(2,3)15(9,13)14/h5H,4H2,1-3H3,(H,10,11). The molecule has 1 atom stereocenters. The van der Waals surface area contributed by atoms with Crippen molar-refractivity contribution < 1.29 is 23.1 Å². The highest BCUT2D eigenvalue weighted by Crippen LogP contribution is 2.37. The molecule has 1 saturated heterocycles. The molecule has 1 heterocycles. The monoisotopic (exact) mass is 235 g/mol. The van der Waals surface area contributed by atoms with Crippen molar-refractivity contribution in [2.24, 2.45) is 0 Å². The van der Waals surface area contributed by atoms with Crippen molar-refractivity contribution in [1.29, 1.82) is 0 Å². The van der Waals surface area contributed by atoms with Gasteiger partial charge >= 0.3 is 5.97 Å². The fourth-order valence-electron chi connectivity index (χ4n) is 1.46. The number of carboxylic acids is 1. The molecule has 0 bridgehead atoms. The van der Waals surface area contributed by atoms with Gasteiger partial charge in [0.05, 0.1) is 12.5 Å². The first-order chi connectivity index (χ1) is 6.62. The molecule has 1 amide bonds. The van der Waals surface area contributed by atoms with Gasteiger partial charge in [0.15, 0.2) is 4.75 Å². The lowest BCUT2D eigenvalue weighted by molar-refractivity contribution is -0.140. The van der Waals surface area contributed by atoms with Crippen LogP contribution in [0.25, 0.3) is 0 Å². The van der Waals surface area contributed by atoms with Crippen molar-refractivity contribution in [3.8, 4) is 0 Å². The number of aliphatic carboxylic acids is 1. The third-order valence-electron chi connectivity index (χ3n) is 2.49. The van der Waals surface area contributed by atoms with Crippen LogP contribution in [-0.4, -0.2) is 40.5 Å². The maximum atomic E-state index is 11.6. The molecule has 1 aliphatic rings. The zero-order valence-corrected chi connectivity index (χ0v) is 9.54. The molecule has 6 nitrogen and oxygen atoms in total. The molecule has 0 aromatic carbocycles. The minimum absolute atomic E-state index is 0.374. The van der Waals surface area contributed by atoms with E-state index >= 15 is 0 Å². The molecule has 1 N–H and O–H groups in total. The van der Waals surface area contributed by atoms with Crippen LogP contribution in [0.15, 0.2) is 0 Å². The lowest BCUT2D eigenvalue weighted by Gasteiger charge is -2.45. The third kappa shape index (κ3) is 1.50. The first-order valence-corrected chi connectivity index (χ1v) is 5.86. The van der Waals surface area contributed by atoms with Gasteiger partial charge in [-0.3, -0.25) is 9.59 Å². The highest BCUT2D eigenvalue weighted by molar-refractivity contribution is 7.94. The summed E-state index contributed by atoms with van der Waals surface area (Å²) < 4.78 is 22.5. The van der Waals surface area contributed by atoms with Crippen LogP contribution in [0.1, 0.15) is 27.2 Å². The van der Waals surface area contributed by atoms with Crippen molar-refractivity contribution in [1.82, 2.24) is 4.31 Å². The van der Waals surface area contributed by atoms with Crippen LogP contribution in [0.2, 0.25) is 0 Å². The highest BCUT2D eigenvalue weighted by Gasteiger charge is 2.61. The number of nitrogens with zero attached hydrogens (tertiary/aromatic N) is 1. The van der Waals surface area contributed by atoms with Gasteiger partial charge in [-0.25, -0.2) is 12.7 Å². The van der Waals surface area contributed by atoms with E-state index in [1.807, 2.05) is 0 Å². The van der Waals surface area contributed by atoms with Crippen molar-refractivity contribution in [2.75, 3.05) is 0 Å². The smallest absolute Gasteiger partial charge is 0.305 e. The van der Waals surface area contributed by atoms with E-state index < -0.39 is 32.7 Å². The number of hydrogen-bond acceptors (Lipinski definition) is 4. The van der Waals surface area contributed by atoms with Crippen LogP contribution in [0.5, 0.6) is 0 Å². The van der Waals surface area contributed by atoms with E-state index in [-0.39, 0.29) is 6.42 Å². The number of sulfonamides is 1. The van der Waals surface area contributed by atoms with Gasteiger partial charge in [-0.05, 0) is 20.8 Å². The summed E-state index contributed by atoms with van der Waals surface area (Å²) >= 11 is 0. The molecule has 0 aromatic rings. The van der Waals surface area contributed by atoms with Gasteiger partial charge < -0.3 is 5.11 Å². The van der Waals surface area contributed by atoms with Gasteiger partial charge in [0.25, 0.3) is 15.9 Å². The summed E-state index contributed by atoms with van der Waals surface area (Å²) in [5.74, 6) is -1.67. The summed E-state index contributed by atoms with van der Waals surface area (Å²) in [7, 11) is -3.67. The third-order valence-corrected chi connectivity index (χ3v) is 5.00. The van der Waals surface area contributed by atoms with Crippen LogP contribution < -0.4 is 0 Å². The number of amides is 1. The molecule has 1 aliphatic heterocycles. The average Bonchev–Trinajstić information content (AvgIpc) is 2.01. The normalized spacial score (nSPS) is 24.5. The molecule has 1 fully saturated rings. The zero-order valence-electron chi connectivity index (χ0n) is 8.72. The highest BCUT2D eigenvalue weighted by atomic mass is 32.2. The minimum atomic E-state index is -3.67. The Balaban J connectivity index is 2.93. The van der Waals surface area contributed by atoms with Gasteiger partial charge in [-0.15, -0.1) is 0 Å². The predicted molar refractivity (Wildman–Crippen MR) is 51.6 cm³/mol. The topological polar surface area (TPSA) is 91.8 Å². The molecule has 0 saturated carbocycles. The Morgan fingerprint density at radius 3 is 2.33 bits per heavy atom. The Kier molecular flexibility index (Phi) is 2.55. The van der Waals surface area contributed by atoms with E-state index in [0.717, 1.165) is 0 Å². The predicted octanol–water partition coefficient (Wildman–Crippen LogP) is -0.200. The van der Waals surface area contributed by atoms with Gasteiger partial charge in [-0.2, -0.15) is 0 Å². The SMILES string of the molecule is CC(CC(=O)O)N1C(=O)C(C)(C)S1(=O)=O. The molecule has 86 valence electrons. The molecule has 7 heteroatoms. The fraction of sp³-hybridized carbons (Fsp3) is 0.750. The Morgan fingerprint density at radius 2 is 2.00 bits per heavy atom. The summed E-state index contributed by atoms with van der Waals surface area (Å²) in [5.41, 5.74) is 0. The molecular weight excluding hydrogens is 222 g/mol. The summed E-state index contributed by atoms with van der Waals surface area (Å²) in [6.07, 6.45) is -0.374. The van der Waals surface area contributed by atoms with Crippen LogP contribution in [-0.2, 0) is 19.6 Å². The molecule has 0 aromatic heterocycles.